The van der Waals surface area contributed by atoms with Crippen molar-refractivity contribution < 1.29 is 0 Å². The average Bonchev–Trinajstić information content (AvgIpc) is 2.14. The van der Waals surface area contributed by atoms with Crippen molar-refractivity contribution in [2.24, 2.45) is 11.5 Å². The second kappa shape index (κ2) is 4.79. The zero-order valence-corrected chi connectivity index (χ0v) is 11.7. The van der Waals surface area contributed by atoms with E-state index in [0.29, 0.717) is 0 Å². The molecule has 0 heterocycles. The van der Waals surface area contributed by atoms with Crippen LogP contribution in [0.25, 0.3) is 0 Å². The van der Waals surface area contributed by atoms with Gasteiger partial charge in [-0.2, -0.15) is 0 Å². The Morgan fingerprint density at radius 2 is 1.47 bits per heavy atom. The molecular weight excluding hydrogens is 208 g/mol. The van der Waals surface area contributed by atoms with E-state index in [4.69, 9.17) is 11.5 Å². The van der Waals surface area contributed by atoms with Crippen molar-refractivity contribution in [3.63, 3.8) is 0 Å². The zero-order valence-electron chi connectivity index (χ0n) is 11.7. The standard InChI is InChI=1S/C15H26N2/c1-14(2,3)12-8-6-11(7-9-12)13(16)10-15(4,5)17/h6-9,13H,10,16-17H2,1-5H3. The lowest BCUT2D eigenvalue weighted by atomic mass is 9.85. The van der Waals surface area contributed by atoms with Crippen molar-refractivity contribution in [3.05, 3.63) is 35.4 Å². The third-order valence-corrected chi connectivity index (χ3v) is 2.95. The molecule has 0 fully saturated rings. The molecule has 0 spiro atoms. The van der Waals surface area contributed by atoms with Crippen LogP contribution in [0.3, 0.4) is 0 Å². The molecular formula is C15H26N2. The fraction of sp³-hybridized carbons (Fsp3) is 0.600. The molecule has 0 amide bonds. The highest BCUT2D eigenvalue weighted by molar-refractivity contribution is 5.29. The van der Waals surface area contributed by atoms with Crippen molar-refractivity contribution in [2.45, 2.75) is 58.0 Å². The lowest BCUT2D eigenvalue weighted by Gasteiger charge is -2.24. The maximum absolute atomic E-state index is 6.16. The van der Waals surface area contributed by atoms with E-state index in [1.807, 2.05) is 13.8 Å². The summed E-state index contributed by atoms with van der Waals surface area (Å²) in [5.41, 5.74) is 14.6. The molecule has 0 radical (unpaired) electrons. The Bertz CT molecular complexity index is 352. The molecule has 1 rings (SSSR count). The second-order valence-corrected chi connectivity index (χ2v) is 6.67. The van der Waals surface area contributed by atoms with Crippen LogP contribution in [0.5, 0.6) is 0 Å². The lowest BCUT2D eigenvalue weighted by molar-refractivity contribution is 0.429. The van der Waals surface area contributed by atoms with Crippen LogP contribution in [0.4, 0.5) is 0 Å². The molecule has 0 aliphatic carbocycles. The SMILES string of the molecule is CC(C)(N)CC(N)c1ccc(C(C)(C)C)cc1. The first kappa shape index (κ1) is 14.2. The topological polar surface area (TPSA) is 52.0 Å². The predicted octanol–water partition coefficient (Wildman–Crippen LogP) is 3.11. The summed E-state index contributed by atoms with van der Waals surface area (Å²) < 4.78 is 0. The highest BCUT2D eigenvalue weighted by Crippen LogP contribution is 2.25. The summed E-state index contributed by atoms with van der Waals surface area (Å²) in [6.45, 7) is 10.7. The largest absolute Gasteiger partial charge is 0.325 e. The van der Waals surface area contributed by atoms with E-state index in [1.165, 1.54) is 5.56 Å². The van der Waals surface area contributed by atoms with Crippen LogP contribution in [0.1, 0.15) is 58.2 Å². The Hall–Kier alpha value is -0.860. The molecule has 1 unspecified atom stereocenters. The third kappa shape index (κ3) is 4.49. The van der Waals surface area contributed by atoms with Crippen molar-refractivity contribution in [1.29, 1.82) is 0 Å². The van der Waals surface area contributed by atoms with Crippen molar-refractivity contribution >= 4 is 0 Å². The molecule has 0 aromatic heterocycles. The van der Waals surface area contributed by atoms with Crippen LogP contribution >= 0.6 is 0 Å². The van der Waals surface area contributed by atoms with Gasteiger partial charge in [0.15, 0.2) is 0 Å². The van der Waals surface area contributed by atoms with E-state index in [0.717, 1.165) is 12.0 Å². The number of nitrogens with two attached hydrogens (primary N) is 2. The average molecular weight is 234 g/mol. The van der Waals surface area contributed by atoms with E-state index >= 15 is 0 Å². The van der Waals surface area contributed by atoms with Crippen molar-refractivity contribution in [3.8, 4) is 0 Å². The van der Waals surface area contributed by atoms with Crippen LogP contribution in [0.15, 0.2) is 24.3 Å². The summed E-state index contributed by atoms with van der Waals surface area (Å²) in [7, 11) is 0. The maximum Gasteiger partial charge on any atom is 0.0312 e. The minimum absolute atomic E-state index is 0.0176. The first-order valence-electron chi connectivity index (χ1n) is 6.24. The monoisotopic (exact) mass is 234 g/mol. The van der Waals surface area contributed by atoms with Gasteiger partial charge >= 0.3 is 0 Å². The summed E-state index contributed by atoms with van der Waals surface area (Å²) in [5.74, 6) is 0. The van der Waals surface area contributed by atoms with Crippen LogP contribution in [-0.2, 0) is 5.41 Å². The van der Waals surface area contributed by atoms with Gasteiger partial charge in [0.05, 0.1) is 0 Å². The number of rotatable bonds is 3. The molecule has 1 atom stereocenters. The summed E-state index contributed by atoms with van der Waals surface area (Å²) >= 11 is 0. The zero-order chi connectivity index (χ0) is 13.3. The molecule has 2 heteroatoms. The van der Waals surface area contributed by atoms with E-state index in [2.05, 4.69) is 45.0 Å². The number of benzene rings is 1. The first-order chi connectivity index (χ1) is 7.59. The quantitative estimate of drug-likeness (QED) is 0.844. The van der Waals surface area contributed by atoms with E-state index in [9.17, 15) is 0 Å². The van der Waals surface area contributed by atoms with E-state index in [1.54, 1.807) is 0 Å². The molecule has 0 bridgehead atoms. The van der Waals surface area contributed by atoms with Gasteiger partial charge in [-0.05, 0) is 36.8 Å². The fourth-order valence-corrected chi connectivity index (χ4v) is 1.91. The van der Waals surface area contributed by atoms with E-state index in [-0.39, 0.29) is 17.0 Å². The van der Waals surface area contributed by atoms with Crippen LogP contribution in [0, 0.1) is 0 Å². The van der Waals surface area contributed by atoms with Gasteiger partial charge in [-0.3, -0.25) is 0 Å². The summed E-state index contributed by atoms with van der Waals surface area (Å²) in [6.07, 6.45) is 0.794. The van der Waals surface area contributed by atoms with Gasteiger partial charge in [0.1, 0.15) is 0 Å². The highest BCUT2D eigenvalue weighted by atomic mass is 14.7. The van der Waals surface area contributed by atoms with E-state index < -0.39 is 0 Å². The summed E-state index contributed by atoms with van der Waals surface area (Å²) in [5, 5.41) is 0. The molecule has 0 aliphatic rings. The predicted molar refractivity (Wildman–Crippen MR) is 75.0 cm³/mol. The Morgan fingerprint density at radius 3 is 1.82 bits per heavy atom. The number of hydrogen-bond acceptors (Lipinski definition) is 2. The van der Waals surface area contributed by atoms with Crippen molar-refractivity contribution in [1.82, 2.24) is 0 Å². The molecule has 4 N–H and O–H groups in total. The van der Waals surface area contributed by atoms with Gasteiger partial charge in [-0.1, -0.05) is 45.0 Å². The summed E-state index contributed by atoms with van der Waals surface area (Å²) in [4.78, 5) is 0. The Labute approximate surface area is 105 Å². The fourth-order valence-electron chi connectivity index (χ4n) is 1.91. The molecule has 1 aromatic rings. The van der Waals surface area contributed by atoms with Crippen LogP contribution in [0.2, 0.25) is 0 Å². The molecule has 17 heavy (non-hydrogen) atoms. The smallest absolute Gasteiger partial charge is 0.0312 e. The van der Waals surface area contributed by atoms with Gasteiger partial charge in [0, 0.05) is 11.6 Å². The minimum atomic E-state index is -0.220. The highest BCUT2D eigenvalue weighted by Gasteiger charge is 2.18. The normalized spacial score (nSPS) is 14.8. The van der Waals surface area contributed by atoms with Gasteiger partial charge in [0.2, 0.25) is 0 Å². The molecule has 96 valence electrons. The van der Waals surface area contributed by atoms with Gasteiger partial charge in [-0.25, -0.2) is 0 Å². The van der Waals surface area contributed by atoms with Gasteiger partial charge in [-0.15, -0.1) is 0 Å². The van der Waals surface area contributed by atoms with Crippen LogP contribution < -0.4 is 11.5 Å². The lowest BCUT2D eigenvalue weighted by Crippen LogP contribution is -2.35. The number of hydrogen-bond donors (Lipinski definition) is 2. The van der Waals surface area contributed by atoms with Gasteiger partial charge in [0.25, 0.3) is 0 Å². The maximum atomic E-state index is 6.16. The van der Waals surface area contributed by atoms with Crippen LogP contribution in [-0.4, -0.2) is 5.54 Å². The molecule has 0 saturated heterocycles. The molecule has 1 aromatic carbocycles. The summed E-state index contributed by atoms with van der Waals surface area (Å²) in [6, 6.07) is 8.59. The molecule has 0 saturated carbocycles. The second-order valence-electron chi connectivity index (χ2n) is 6.67. The first-order valence-corrected chi connectivity index (χ1v) is 6.24. The molecule has 0 aliphatic heterocycles. The van der Waals surface area contributed by atoms with Crippen molar-refractivity contribution in [2.75, 3.05) is 0 Å². The Balaban J connectivity index is 2.81. The Morgan fingerprint density at radius 1 is 1.00 bits per heavy atom. The third-order valence-electron chi connectivity index (χ3n) is 2.95. The molecule has 2 nitrogen and oxygen atoms in total. The van der Waals surface area contributed by atoms with Gasteiger partial charge < -0.3 is 11.5 Å². The Kier molecular flexibility index (Phi) is 4.00. The minimum Gasteiger partial charge on any atom is -0.325 e.